The monoisotopic (exact) mass is 186 g/mol. The smallest absolute Gasteiger partial charge is 0.128 e. The zero-order valence-electron chi connectivity index (χ0n) is 7.50. The van der Waals surface area contributed by atoms with Crippen molar-refractivity contribution in [3.63, 3.8) is 0 Å². The summed E-state index contributed by atoms with van der Waals surface area (Å²) in [5.74, 6) is 2.53. The Morgan fingerprint density at radius 3 is 2.75 bits per heavy atom. The summed E-state index contributed by atoms with van der Waals surface area (Å²) in [6, 6.07) is 0. The van der Waals surface area contributed by atoms with Crippen LogP contribution in [-0.4, -0.2) is 10.9 Å². The molecule has 1 aliphatic carbocycles. The van der Waals surface area contributed by atoms with E-state index < -0.39 is 0 Å². The first-order valence-corrected chi connectivity index (χ1v) is 5.49. The fourth-order valence-corrected chi connectivity index (χ4v) is 2.42. The van der Waals surface area contributed by atoms with Gasteiger partial charge in [0.15, 0.2) is 0 Å². The first-order valence-electron chi connectivity index (χ1n) is 4.86. The van der Waals surface area contributed by atoms with Gasteiger partial charge in [0.25, 0.3) is 0 Å². The van der Waals surface area contributed by atoms with Crippen LogP contribution in [0.1, 0.15) is 38.5 Å². The van der Waals surface area contributed by atoms with Crippen molar-refractivity contribution < 1.29 is 5.11 Å². The van der Waals surface area contributed by atoms with Gasteiger partial charge in [0.1, 0.15) is 6.61 Å². The van der Waals surface area contributed by atoms with Crippen LogP contribution < -0.4 is 0 Å². The highest BCUT2D eigenvalue weighted by Gasteiger charge is 2.25. The van der Waals surface area contributed by atoms with Gasteiger partial charge in [-0.1, -0.05) is 19.3 Å². The molecule has 0 saturated heterocycles. The van der Waals surface area contributed by atoms with Crippen molar-refractivity contribution in [1.82, 2.24) is 0 Å². The average Bonchev–Trinajstić information content (AvgIpc) is 2.50. The molecule has 0 aromatic heterocycles. The third-order valence-electron chi connectivity index (χ3n) is 2.90. The molecule has 1 nitrogen and oxygen atoms in total. The molecular formula is C10H18OS. The zero-order valence-corrected chi connectivity index (χ0v) is 8.39. The Labute approximate surface area is 81.0 Å². The lowest BCUT2D eigenvalue weighted by Crippen LogP contribution is -2.08. The van der Waals surface area contributed by atoms with Crippen LogP contribution in [-0.2, 0) is 0 Å². The van der Waals surface area contributed by atoms with Crippen LogP contribution in [0.25, 0.3) is 0 Å². The second-order valence-electron chi connectivity index (χ2n) is 3.68. The van der Waals surface area contributed by atoms with E-state index in [2.05, 4.69) is 19.2 Å². The van der Waals surface area contributed by atoms with Gasteiger partial charge in [-0.3, -0.25) is 0 Å². The van der Waals surface area contributed by atoms with Crippen molar-refractivity contribution in [3.05, 3.63) is 6.61 Å². The van der Waals surface area contributed by atoms with E-state index in [-0.39, 0.29) is 0 Å². The van der Waals surface area contributed by atoms with Gasteiger partial charge in [0.05, 0.1) is 0 Å². The normalized spacial score (nSPS) is 29.5. The summed E-state index contributed by atoms with van der Waals surface area (Å²) in [5, 5.41) is 8.60. The van der Waals surface area contributed by atoms with Gasteiger partial charge < -0.3 is 5.11 Å². The van der Waals surface area contributed by atoms with Crippen LogP contribution in [0.4, 0.5) is 0 Å². The van der Waals surface area contributed by atoms with E-state index >= 15 is 0 Å². The summed E-state index contributed by atoms with van der Waals surface area (Å²) < 4.78 is 0. The lowest BCUT2D eigenvalue weighted by Gasteiger charge is -2.17. The molecule has 2 radical (unpaired) electrons. The number of hydrogen-bond acceptors (Lipinski definition) is 2. The molecular weight excluding hydrogens is 168 g/mol. The summed E-state index contributed by atoms with van der Waals surface area (Å²) in [7, 11) is 0. The molecule has 1 fully saturated rings. The lowest BCUT2D eigenvalue weighted by atomic mass is 9.90. The fraction of sp³-hybridized carbons (Fsp3) is 0.900. The molecule has 0 aromatic carbocycles. The predicted octanol–water partition coefficient (Wildman–Crippen LogP) is 2.91. The SMILES string of the molecule is O[C]CC1CCCC1CCCS. The number of aliphatic hydroxyl groups is 1. The number of hydrogen-bond donors (Lipinski definition) is 2. The van der Waals surface area contributed by atoms with Crippen LogP contribution in [0.2, 0.25) is 0 Å². The Morgan fingerprint density at radius 1 is 1.33 bits per heavy atom. The Hall–Kier alpha value is 0.310. The van der Waals surface area contributed by atoms with E-state index in [9.17, 15) is 0 Å². The maximum Gasteiger partial charge on any atom is 0.128 e. The van der Waals surface area contributed by atoms with Gasteiger partial charge in [-0.2, -0.15) is 12.6 Å². The van der Waals surface area contributed by atoms with E-state index in [1.165, 1.54) is 32.1 Å². The average molecular weight is 186 g/mol. The molecule has 0 aromatic rings. The molecule has 2 unspecified atom stereocenters. The van der Waals surface area contributed by atoms with E-state index in [0.29, 0.717) is 5.92 Å². The van der Waals surface area contributed by atoms with Crippen molar-refractivity contribution in [1.29, 1.82) is 0 Å². The van der Waals surface area contributed by atoms with E-state index in [1.807, 2.05) is 0 Å². The summed E-state index contributed by atoms with van der Waals surface area (Å²) in [6.07, 6.45) is 7.25. The van der Waals surface area contributed by atoms with E-state index in [0.717, 1.165) is 18.1 Å². The maximum atomic E-state index is 8.60. The molecule has 1 saturated carbocycles. The molecule has 0 amide bonds. The Kier molecular flexibility index (Phi) is 5.08. The number of aliphatic hydroxyl groups excluding tert-OH is 1. The van der Waals surface area contributed by atoms with Gasteiger partial charge in [-0.25, -0.2) is 0 Å². The summed E-state index contributed by atoms with van der Waals surface area (Å²) in [4.78, 5) is 0. The van der Waals surface area contributed by atoms with Crippen molar-refractivity contribution >= 4 is 12.6 Å². The van der Waals surface area contributed by atoms with Crippen LogP contribution in [0.5, 0.6) is 0 Å². The first kappa shape index (κ1) is 10.4. The Morgan fingerprint density at radius 2 is 2.08 bits per heavy atom. The Bertz CT molecular complexity index is 116. The van der Waals surface area contributed by atoms with Crippen LogP contribution in [0.15, 0.2) is 0 Å². The quantitative estimate of drug-likeness (QED) is 0.633. The third kappa shape index (κ3) is 2.98. The topological polar surface area (TPSA) is 20.2 Å². The van der Waals surface area contributed by atoms with Crippen molar-refractivity contribution in [2.45, 2.75) is 38.5 Å². The summed E-state index contributed by atoms with van der Waals surface area (Å²) in [6.45, 7) is 2.30. The Balaban J connectivity index is 2.20. The molecule has 0 bridgehead atoms. The predicted molar refractivity (Wildman–Crippen MR) is 53.7 cm³/mol. The van der Waals surface area contributed by atoms with Crippen molar-refractivity contribution in [3.8, 4) is 0 Å². The van der Waals surface area contributed by atoms with E-state index in [1.54, 1.807) is 0 Å². The molecule has 0 heterocycles. The molecule has 0 aliphatic heterocycles. The fourth-order valence-electron chi connectivity index (χ4n) is 2.23. The maximum absolute atomic E-state index is 8.60. The minimum atomic E-state index is 0.704. The molecule has 12 heavy (non-hydrogen) atoms. The second-order valence-corrected chi connectivity index (χ2v) is 4.13. The van der Waals surface area contributed by atoms with Gasteiger partial charge in [-0.05, 0) is 36.9 Å². The third-order valence-corrected chi connectivity index (χ3v) is 3.22. The summed E-state index contributed by atoms with van der Waals surface area (Å²) in [5.41, 5.74) is 0. The molecule has 1 rings (SSSR count). The van der Waals surface area contributed by atoms with Crippen LogP contribution >= 0.6 is 12.6 Å². The molecule has 2 heteroatoms. The number of thiol groups is 1. The highest BCUT2D eigenvalue weighted by atomic mass is 32.1. The molecule has 2 atom stereocenters. The zero-order chi connectivity index (χ0) is 8.81. The first-order chi connectivity index (χ1) is 5.88. The van der Waals surface area contributed by atoms with Crippen molar-refractivity contribution in [2.24, 2.45) is 11.8 Å². The standard InChI is InChI=1S/C10H18OS/c11-7-6-10-4-1-3-9(10)5-2-8-12/h9-12H,1-6,8H2. The minimum Gasteiger partial charge on any atom is -0.384 e. The van der Waals surface area contributed by atoms with Gasteiger partial charge in [0.2, 0.25) is 0 Å². The van der Waals surface area contributed by atoms with Crippen molar-refractivity contribution in [2.75, 3.05) is 5.75 Å². The highest BCUT2D eigenvalue weighted by molar-refractivity contribution is 7.80. The summed E-state index contributed by atoms with van der Waals surface area (Å²) >= 11 is 4.21. The van der Waals surface area contributed by atoms with Crippen LogP contribution in [0, 0.1) is 18.4 Å². The number of rotatable bonds is 5. The van der Waals surface area contributed by atoms with E-state index in [4.69, 9.17) is 5.11 Å². The minimum absolute atomic E-state index is 0.704. The van der Waals surface area contributed by atoms with Gasteiger partial charge in [0, 0.05) is 0 Å². The largest absolute Gasteiger partial charge is 0.384 e. The highest BCUT2D eigenvalue weighted by Crippen LogP contribution is 2.37. The molecule has 70 valence electrons. The van der Waals surface area contributed by atoms with Gasteiger partial charge >= 0.3 is 0 Å². The van der Waals surface area contributed by atoms with Gasteiger partial charge in [-0.15, -0.1) is 0 Å². The molecule has 1 aliphatic rings. The second kappa shape index (κ2) is 5.87. The molecule has 1 N–H and O–H groups in total. The lowest BCUT2D eigenvalue weighted by molar-refractivity contribution is 0.289. The molecule has 0 spiro atoms. The van der Waals surface area contributed by atoms with Crippen LogP contribution in [0.3, 0.4) is 0 Å².